The summed E-state index contributed by atoms with van der Waals surface area (Å²) in [6, 6.07) is 0.141. The lowest BCUT2D eigenvalue weighted by Crippen LogP contribution is -2.46. The number of aromatic nitrogens is 2. The van der Waals surface area contributed by atoms with Crippen LogP contribution in [0.5, 0.6) is 0 Å². The van der Waals surface area contributed by atoms with Crippen molar-refractivity contribution >= 4 is 28.6 Å². The summed E-state index contributed by atoms with van der Waals surface area (Å²) in [5.41, 5.74) is 1.22. The molecule has 22 heavy (non-hydrogen) atoms. The summed E-state index contributed by atoms with van der Waals surface area (Å²) in [5, 5.41) is 0. The van der Waals surface area contributed by atoms with E-state index >= 15 is 0 Å². The maximum absolute atomic E-state index is 12.6. The van der Waals surface area contributed by atoms with Crippen molar-refractivity contribution in [3.63, 3.8) is 0 Å². The van der Waals surface area contributed by atoms with E-state index in [2.05, 4.69) is 41.0 Å². The Morgan fingerprint density at radius 3 is 2.73 bits per heavy atom. The third-order valence-electron chi connectivity index (χ3n) is 4.69. The first kappa shape index (κ1) is 16.1. The Kier molecular flexibility index (Phi) is 4.66. The largest absolute Gasteiger partial charge is 0.327 e. The number of imidazole rings is 1. The molecule has 1 aliphatic carbocycles. The Balaban J connectivity index is 1.74. The highest BCUT2D eigenvalue weighted by Gasteiger charge is 2.31. The van der Waals surface area contributed by atoms with E-state index < -0.39 is 0 Å². The molecule has 2 aliphatic rings. The van der Waals surface area contributed by atoms with Crippen molar-refractivity contribution in [3.8, 4) is 0 Å². The number of rotatable bonds is 3. The second kappa shape index (κ2) is 6.37. The molecule has 0 unspecified atom stereocenters. The Labute approximate surface area is 146 Å². The van der Waals surface area contributed by atoms with Gasteiger partial charge in [-0.2, -0.15) is 0 Å². The summed E-state index contributed by atoms with van der Waals surface area (Å²) in [4.78, 5) is 21.2. The van der Waals surface area contributed by atoms with Gasteiger partial charge >= 0.3 is 6.03 Å². The van der Waals surface area contributed by atoms with Crippen LogP contribution >= 0.6 is 22.6 Å². The molecule has 3 rings (SSSR count). The van der Waals surface area contributed by atoms with Crippen LogP contribution < -0.4 is 0 Å². The van der Waals surface area contributed by atoms with Gasteiger partial charge in [0.25, 0.3) is 0 Å². The molecule has 0 atom stereocenters. The maximum Gasteiger partial charge on any atom is 0.320 e. The first-order chi connectivity index (χ1) is 10.5. The highest BCUT2D eigenvalue weighted by Crippen LogP contribution is 2.37. The maximum atomic E-state index is 12.6. The molecule has 2 amide bonds. The Hall–Kier alpha value is -0.790. The van der Waals surface area contributed by atoms with Gasteiger partial charge in [0.15, 0.2) is 0 Å². The van der Waals surface area contributed by atoms with Crippen molar-refractivity contribution in [1.82, 2.24) is 19.4 Å². The van der Waals surface area contributed by atoms with E-state index in [0.29, 0.717) is 18.4 Å². The molecule has 2 heterocycles. The third kappa shape index (κ3) is 2.98. The van der Waals surface area contributed by atoms with Crippen LogP contribution in [0.3, 0.4) is 0 Å². The molecule has 0 N–H and O–H groups in total. The summed E-state index contributed by atoms with van der Waals surface area (Å²) in [6.45, 7) is 7.46. The lowest BCUT2D eigenvalue weighted by molar-refractivity contribution is 0.144. The van der Waals surface area contributed by atoms with E-state index in [1.165, 1.54) is 30.8 Å². The van der Waals surface area contributed by atoms with E-state index in [1.807, 2.05) is 16.8 Å². The van der Waals surface area contributed by atoms with Crippen LogP contribution in [0, 0.1) is 9.62 Å². The minimum absolute atomic E-state index is 0.141. The lowest BCUT2D eigenvalue weighted by atomic mass is 9.85. The predicted octanol–water partition coefficient (Wildman–Crippen LogP) is 3.28. The summed E-state index contributed by atoms with van der Waals surface area (Å²) < 4.78 is 3.45. The Bertz CT molecular complexity index is 565. The SMILES string of the molecule is CC(C)CN(C)C(=O)N1CCn2c(C3CCC3)nc(I)c2C1. The molecule has 1 aliphatic heterocycles. The van der Waals surface area contributed by atoms with Crippen LogP contribution in [0.1, 0.15) is 50.5 Å². The molecule has 1 saturated carbocycles. The lowest BCUT2D eigenvalue weighted by Gasteiger charge is -2.34. The second-order valence-corrected chi connectivity index (χ2v) is 7.99. The van der Waals surface area contributed by atoms with Crippen LogP contribution in [-0.2, 0) is 13.1 Å². The first-order valence-electron chi connectivity index (χ1n) is 8.22. The highest BCUT2D eigenvalue weighted by molar-refractivity contribution is 14.1. The molecule has 1 aromatic rings. The van der Waals surface area contributed by atoms with Gasteiger partial charge in [-0.15, -0.1) is 0 Å². The molecule has 0 bridgehead atoms. The first-order valence-corrected chi connectivity index (χ1v) is 9.30. The normalized spacial score (nSPS) is 18.3. The predicted molar refractivity (Wildman–Crippen MR) is 94.8 cm³/mol. The zero-order chi connectivity index (χ0) is 15.9. The molecule has 5 nitrogen and oxygen atoms in total. The fourth-order valence-corrected chi connectivity index (χ4v) is 4.07. The van der Waals surface area contributed by atoms with Crippen LogP contribution in [-0.4, -0.2) is 45.5 Å². The van der Waals surface area contributed by atoms with E-state index in [0.717, 1.165) is 23.3 Å². The fraction of sp³-hybridized carbons (Fsp3) is 0.750. The highest BCUT2D eigenvalue weighted by atomic mass is 127. The second-order valence-electron chi connectivity index (χ2n) is 6.97. The van der Waals surface area contributed by atoms with Crippen molar-refractivity contribution in [2.24, 2.45) is 5.92 Å². The quantitative estimate of drug-likeness (QED) is 0.710. The summed E-state index contributed by atoms with van der Waals surface area (Å²) in [5.74, 6) is 2.40. The van der Waals surface area contributed by atoms with Crippen molar-refractivity contribution in [2.75, 3.05) is 20.1 Å². The van der Waals surface area contributed by atoms with Crippen molar-refractivity contribution in [1.29, 1.82) is 0 Å². The van der Waals surface area contributed by atoms with Crippen molar-refractivity contribution < 1.29 is 4.79 Å². The van der Waals surface area contributed by atoms with Gasteiger partial charge in [-0.05, 0) is 41.4 Å². The number of carbonyl (C=O) groups excluding carboxylic acids is 1. The van der Waals surface area contributed by atoms with Crippen molar-refractivity contribution in [2.45, 2.75) is 52.1 Å². The van der Waals surface area contributed by atoms with Crippen LogP contribution in [0.25, 0.3) is 0 Å². The van der Waals surface area contributed by atoms with Crippen molar-refractivity contribution in [3.05, 3.63) is 15.2 Å². The number of hydrogen-bond acceptors (Lipinski definition) is 2. The molecule has 1 fully saturated rings. The van der Waals surface area contributed by atoms with Crippen LogP contribution in [0.2, 0.25) is 0 Å². The summed E-state index contributed by atoms with van der Waals surface area (Å²) in [7, 11) is 1.90. The zero-order valence-electron chi connectivity index (χ0n) is 13.7. The van der Waals surface area contributed by atoms with E-state index in [4.69, 9.17) is 4.98 Å². The van der Waals surface area contributed by atoms with E-state index in [-0.39, 0.29) is 6.03 Å². The van der Waals surface area contributed by atoms with Gasteiger partial charge in [-0.1, -0.05) is 20.3 Å². The van der Waals surface area contributed by atoms with Crippen LogP contribution in [0.15, 0.2) is 0 Å². The van der Waals surface area contributed by atoms with E-state index in [1.54, 1.807) is 0 Å². The van der Waals surface area contributed by atoms with Crippen LogP contribution in [0.4, 0.5) is 4.79 Å². The Morgan fingerprint density at radius 1 is 1.41 bits per heavy atom. The zero-order valence-corrected chi connectivity index (χ0v) is 15.8. The minimum atomic E-state index is 0.141. The summed E-state index contributed by atoms with van der Waals surface area (Å²) in [6.07, 6.45) is 3.87. The van der Waals surface area contributed by atoms with Gasteiger partial charge in [-0.25, -0.2) is 9.78 Å². The number of halogens is 1. The molecular formula is C16H25IN4O. The van der Waals surface area contributed by atoms with Gasteiger partial charge < -0.3 is 14.4 Å². The molecule has 0 radical (unpaired) electrons. The number of fused-ring (bicyclic) bond motifs is 1. The van der Waals surface area contributed by atoms with Gasteiger partial charge in [0.2, 0.25) is 0 Å². The summed E-state index contributed by atoms with van der Waals surface area (Å²) >= 11 is 2.33. The number of nitrogens with zero attached hydrogens (tertiary/aromatic N) is 4. The molecule has 0 saturated heterocycles. The Morgan fingerprint density at radius 2 is 2.14 bits per heavy atom. The average molecular weight is 416 g/mol. The third-order valence-corrected chi connectivity index (χ3v) is 5.56. The van der Waals surface area contributed by atoms with Gasteiger partial charge in [-0.3, -0.25) is 0 Å². The molecule has 6 heteroatoms. The van der Waals surface area contributed by atoms with Gasteiger partial charge in [0.1, 0.15) is 9.53 Å². The topological polar surface area (TPSA) is 41.4 Å². The number of urea groups is 1. The molecule has 122 valence electrons. The standard InChI is InChI=1S/C16H25IN4O/c1-11(2)9-19(3)16(22)20-7-8-21-13(10-20)14(17)18-15(21)12-5-4-6-12/h11-12H,4-10H2,1-3H3. The van der Waals surface area contributed by atoms with Gasteiger partial charge in [0.05, 0.1) is 12.2 Å². The molecule has 0 spiro atoms. The number of hydrogen-bond donors (Lipinski definition) is 0. The number of carbonyl (C=O) groups is 1. The molecule has 1 aromatic heterocycles. The van der Waals surface area contributed by atoms with Gasteiger partial charge in [0, 0.05) is 32.6 Å². The van der Waals surface area contributed by atoms with E-state index in [9.17, 15) is 4.79 Å². The average Bonchev–Trinajstić information content (AvgIpc) is 2.72. The minimum Gasteiger partial charge on any atom is -0.327 e. The smallest absolute Gasteiger partial charge is 0.320 e. The number of amides is 2. The molecule has 0 aromatic carbocycles. The molecular weight excluding hydrogens is 391 g/mol. The fourth-order valence-electron chi connectivity index (χ4n) is 3.36. The monoisotopic (exact) mass is 416 g/mol.